The zero-order valence-corrected chi connectivity index (χ0v) is 16.8. The summed E-state index contributed by atoms with van der Waals surface area (Å²) in [7, 11) is 0. The van der Waals surface area contributed by atoms with Crippen molar-refractivity contribution in [1.29, 1.82) is 0 Å². The van der Waals surface area contributed by atoms with Gasteiger partial charge in [-0.25, -0.2) is 0 Å². The van der Waals surface area contributed by atoms with Gasteiger partial charge in [0.2, 0.25) is 0 Å². The van der Waals surface area contributed by atoms with Crippen molar-refractivity contribution in [2.75, 3.05) is 0 Å². The summed E-state index contributed by atoms with van der Waals surface area (Å²) in [5, 5.41) is 2.29. The van der Waals surface area contributed by atoms with E-state index in [2.05, 4.69) is 57.5 Å². The molecule has 1 nitrogen and oxygen atoms in total. The highest BCUT2D eigenvalue weighted by molar-refractivity contribution is 6.33. The van der Waals surface area contributed by atoms with Crippen molar-refractivity contribution in [3.05, 3.63) is 40.1 Å². The third kappa shape index (κ3) is 3.72. The first-order valence-electron chi connectivity index (χ1n) is 9.58. The van der Waals surface area contributed by atoms with Crippen LogP contribution in [-0.4, -0.2) is 4.57 Å². The Balaban J connectivity index is 2.78. The van der Waals surface area contributed by atoms with Gasteiger partial charge in [0.25, 0.3) is 0 Å². The summed E-state index contributed by atoms with van der Waals surface area (Å²) in [6.45, 7) is 12.3. The average molecular weight is 346 g/mol. The molecule has 0 fully saturated rings. The normalized spacial score (nSPS) is 12.8. The number of halogens is 1. The molecule has 1 heterocycles. The van der Waals surface area contributed by atoms with Crippen molar-refractivity contribution < 1.29 is 0 Å². The minimum atomic E-state index is 0.893. The summed E-state index contributed by atoms with van der Waals surface area (Å²) in [5.74, 6) is 0. The molecule has 0 atom stereocenters. The summed E-state index contributed by atoms with van der Waals surface area (Å²) in [6, 6.07) is 4.33. The van der Waals surface area contributed by atoms with Crippen LogP contribution in [0.4, 0.5) is 0 Å². The molecule has 1 aromatic heterocycles. The number of aromatic nitrogens is 1. The van der Waals surface area contributed by atoms with E-state index in [9.17, 15) is 0 Å². The fourth-order valence-corrected chi connectivity index (χ4v) is 3.89. The number of allylic oxidation sites excluding steroid dienone is 2. The van der Waals surface area contributed by atoms with Gasteiger partial charge in [-0.05, 0) is 56.2 Å². The van der Waals surface area contributed by atoms with E-state index in [0.29, 0.717) is 0 Å². The minimum Gasteiger partial charge on any atom is -0.347 e. The lowest BCUT2D eigenvalue weighted by molar-refractivity contribution is 0.697. The van der Waals surface area contributed by atoms with E-state index in [-0.39, 0.29) is 0 Å². The Bertz CT molecular complexity index is 721. The number of fused-ring (bicyclic) bond motifs is 1. The molecule has 0 amide bonds. The van der Waals surface area contributed by atoms with Gasteiger partial charge in [-0.2, -0.15) is 0 Å². The highest BCUT2D eigenvalue weighted by atomic mass is 35.5. The van der Waals surface area contributed by atoms with Crippen molar-refractivity contribution in [3.8, 4) is 0 Å². The summed E-state index contributed by atoms with van der Waals surface area (Å²) >= 11 is 6.72. The Labute approximate surface area is 152 Å². The number of rotatable bonds is 8. The van der Waals surface area contributed by atoms with Crippen LogP contribution in [0, 0.1) is 0 Å². The number of hydrogen-bond donors (Lipinski definition) is 0. The van der Waals surface area contributed by atoms with Crippen LogP contribution in [-0.2, 0) is 13.0 Å². The quantitative estimate of drug-likeness (QED) is 0.463. The Morgan fingerprint density at radius 1 is 1.04 bits per heavy atom. The summed E-state index contributed by atoms with van der Waals surface area (Å²) < 4.78 is 2.44. The standard InChI is InChI=1S/C22H32ClN/c1-6-10-11-17-15-24(14-7-2)22-19(17)12-13-20(23)21(22)18(9-4)16(5)8-3/h12-13,15H,6-11,14H2,1-5H3/b18-16+. The van der Waals surface area contributed by atoms with Crippen molar-refractivity contribution in [1.82, 2.24) is 4.57 Å². The van der Waals surface area contributed by atoms with Gasteiger partial charge in [0.1, 0.15) is 0 Å². The molecule has 24 heavy (non-hydrogen) atoms. The molecule has 0 aliphatic rings. The second kappa shape index (κ2) is 8.76. The SMILES string of the molecule is CCCCc1cn(CCC)c2c(/C(CC)=C(\C)CC)c(Cl)ccc12. The Kier molecular flexibility index (Phi) is 6.98. The van der Waals surface area contributed by atoms with Gasteiger partial charge < -0.3 is 4.57 Å². The maximum absolute atomic E-state index is 6.72. The fraction of sp³-hybridized carbons (Fsp3) is 0.545. The first-order valence-corrected chi connectivity index (χ1v) is 9.95. The number of unbranched alkanes of at least 4 members (excludes halogenated alkanes) is 1. The predicted octanol–water partition coefficient (Wildman–Crippen LogP) is 7.64. The third-order valence-corrected chi connectivity index (χ3v) is 5.35. The lowest BCUT2D eigenvalue weighted by atomic mass is 9.94. The van der Waals surface area contributed by atoms with Gasteiger partial charge in [-0.1, -0.05) is 57.4 Å². The average Bonchev–Trinajstić information content (AvgIpc) is 2.93. The summed E-state index contributed by atoms with van der Waals surface area (Å²) in [4.78, 5) is 0. The molecule has 2 aromatic rings. The van der Waals surface area contributed by atoms with Crippen molar-refractivity contribution in [2.24, 2.45) is 0 Å². The zero-order valence-electron chi connectivity index (χ0n) is 16.0. The van der Waals surface area contributed by atoms with Gasteiger partial charge in [0, 0.05) is 23.7 Å². The molecule has 0 saturated heterocycles. The van der Waals surface area contributed by atoms with Gasteiger partial charge in [0.05, 0.1) is 10.5 Å². The van der Waals surface area contributed by atoms with Crippen LogP contribution in [0.3, 0.4) is 0 Å². The van der Waals surface area contributed by atoms with Crippen LogP contribution in [0.1, 0.15) is 77.8 Å². The maximum atomic E-state index is 6.72. The van der Waals surface area contributed by atoms with Gasteiger partial charge in [0.15, 0.2) is 0 Å². The first-order chi connectivity index (χ1) is 11.6. The highest BCUT2D eigenvalue weighted by Gasteiger charge is 2.18. The van der Waals surface area contributed by atoms with Crippen LogP contribution >= 0.6 is 11.6 Å². The Morgan fingerprint density at radius 2 is 1.79 bits per heavy atom. The van der Waals surface area contributed by atoms with Gasteiger partial charge in [-0.15, -0.1) is 0 Å². The molecular weight excluding hydrogens is 314 g/mol. The second-order valence-electron chi connectivity index (χ2n) is 6.74. The molecule has 0 unspecified atom stereocenters. The fourth-order valence-electron chi connectivity index (χ4n) is 3.62. The van der Waals surface area contributed by atoms with E-state index in [1.165, 1.54) is 46.0 Å². The lowest BCUT2D eigenvalue weighted by Crippen LogP contribution is -1.99. The van der Waals surface area contributed by atoms with E-state index in [0.717, 1.165) is 37.3 Å². The van der Waals surface area contributed by atoms with Crippen molar-refractivity contribution in [3.63, 3.8) is 0 Å². The number of nitrogens with zero attached hydrogens (tertiary/aromatic N) is 1. The van der Waals surface area contributed by atoms with E-state index >= 15 is 0 Å². The second-order valence-corrected chi connectivity index (χ2v) is 7.14. The Hall–Kier alpha value is -1.21. The number of benzene rings is 1. The molecule has 0 aliphatic carbocycles. The van der Waals surface area contributed by atoms with Crippen LogP contribution < -0.4 is 0 Å². The van der Waals surface area contributed by atoms with Crippen molar-refractivity contribution in [2.45, 2.75) is 79.7 Å². The molecule has 0 bridgehead atoms. The molecule has 1 aromatic carbocycles. The molecular formula is C22H32ClN. The third-order valence-electron chi connectivity index (χ3n) is 5.04. The molecule has 2 heteroatoms. The van der Waals surface area contributed by atoms with Gasteiger partial charge >= 0.3 is 0 Å². The summed E-state index contributed by atoms with van der Waals surface area (Å²) in [5.41, 5.74) is 6.96. The topological polar surface area (TPSA) is 4.93 Å². The zero-order chi connectivity index (χ0) is 17.7. The van der Waals surface area contributed by atoms with E-state index in [1.807, 2.05) is 0 Å². The lowest BCUT2D eigenvalue weighted by Gasteiger charge is -2.16. The molecule has 0 N–H and O–H groups in total. The number of aryl methyl sites for hydroxylation is 2. The molecule has 0 aliphatic heterocycles. The molecule has 2 rings (SSSR count). The molecule has 0 spiro atoms. The molecule has 132 valence electrons. The monoisotopic (exact) mass is 345 g/mol. The van der Waals surface area contributed by atoms with Crippen LogP contribution in [0.2, 0.25) is 5.02 Å². The van der Waals surface area contributed by atoms with E-state index < -0.39 is 0 Å². The molecule has 0 radical (unpaired) electrons. The van der Waals surface area contributed by atoms with Gasteiger partial charge in [-0.3, -0.25) is 0 Å². The van der Waals surface area contributed by atoms with Crippen LogP contribution in [0.15, 0.2) is 23.9 Å². The highest BCUT2D eigenvalue weighted by Crippen LogP contribution is 2.38. The predicted molar refractivity (Wildman–Crippen MR) is 109 cm³/mol. The number of hydrogen-bond acceptors (Lipinski definition) is 0. The van der Waals surface area contributed by atoms with Crippen LogP contribution in [0.25, 0.3) is 16.5 Å². The van der Waals surface area contributed by atoms with E-state index in [4.69, 9.17) is 11.6 Å². The maximum Gasteiger partial charge on any atom is 0.0574 e. The van der Waals surface area contributed by atoms with E-state index in [1.54, 1.807) is 0 Å². The van der Waals surface area contributed by atoms with Crippen LogP contribution in [0.5, 0.6) is 0 Å². The Morgan fingerprint density at radius 3 is 2.38 bits per heavy atom. The smallest absolute Gasteiger partial charge is 0.0574 e. The summed E-state index contributed by atoms with van der Waals surface area (Å²) in [6.07, 6.45) is 9.25. The molecule has 0 saturated carbocycles. The first kappa shape index (κ1) is 19.1. The minimum absolute atomic E-state index is 0.893. The van der Waals surface area contributed by atoms with Crippen molar-refractivity contribution >= 4 is 28.1 Å². The largest absolute Gasteiger partial charge is 0.347 e.